The summed E-state index contributed by atoms with van der Waals surface area (Å²) in [7, 11) is 0. The van der Waals surface area contributed by atoms with Crippen LogP contribution in [0, 0.1) is 18.7 Å². The summed E-state index contributed by atoms with van der Waals surface area (Å²) >= 11 is 0. The highest BCUT2D eigenvalue weighted by Crippen LogP contribution is 2.39. The summed E-state index contributed by atoms with van der Waals surface area (Å²) in [5.74, 6) is 1.74. The van der Waals surface area contributed by atoms with Crippen molar-refractivity contribution in [1.82, 2.24) is 0 Å². The molecule has 1 atom stereocenters. The lowest BCUT2D eigenvalue weighted by atomic mass is 9.84. The Morgan fingerprint density at radius 3 is 2.35 bits per heavy atom. The number of halogens is 1. The van der Waals surface area contributed by atoms with E-state index in [0.29, 0.717) is 11.8 Å². The van der Waals surface area contributed by atoms with E-state index in [1.54, 1.807) is 6.07 Å². The smallest absolute Gasteiger partial charge is 0.126 e. The van der Waals surface area contributed by atoms with Crippen LogP contribution in [0.1, 0.15) is 73.6 Å². The SMILES string of the molecule is Cc1cc(C(CCC2CC2)c2cccc(C(C)C)c2)ccc1F. The Morgan fingerprint density at radius 1 is 1.00 bits per heavy atom. The van der Waals surface area contributed by atoms with Crippen molar-refractivity contribution in [3.05, 3.63) is 70.5 Å². The van der Waals surface area contributed by atoms with E-state index >= 15 is 0 Å². The largest absolute Gasteiger partial charge is 0.207 e. The van der Waals surface area contributed by atoms with E-state index < -0.39 is 0 Å². The minimum Gasteiger partial charge on any atom is -0.207 e. The summed E-state index contributed by atoms with van der Waals surface area (Å²) in [5, 5.41) is 0. The molecular weight excluding hydrogens is 283 g/mol. The Hall–Kier alpha value is -1.63. The molecule has 0 radical (unpaired) electrons. The maximum Gasteiger partial charge on any atom is 0.126 e. The first-order chi connectivity index (χ1) is 11.0. The summed E-state index contributed by atoms with van der Waals surface area (Å²) in [4.78, 5) is 0. The van der Waals surface area contributed by atoms with Crippen LogP contribution < -0.4 is 0 Å². The second-order valence-electron chi connectivity index (χ2n) is 7.41. The molecule has 1 saturated carbocycles. The van der Waals surface area contributed by atoms with Crippen molar-refractivity contribution >= 4 is 0 Å². The van der Waals surface area contributed by atoms with Gasteiger partial charge in [-0.3, -0.25) is 0 Å². The average molecular weight is 310 g/mol. The first-order valence-electron chi connectivity index (χ1n) is 8.90. The summed E-state index contributed by atoms with van der Waals surface area (Å²) in [6.45, 7) is 6.34. The van der Waals surface area contributed by atoms with E-state index in [-0.39, 0.29) is 5.82 Å². The van der Waals surface area contributed by atoms with E-state index in [1.165, 1.54) is 36.0 Å². The predicted octanol–water partition coefficient (Wildman–Crippen LogP) is 6.58. The Morgan fingerprint density at radius 2 is 1.70 bits per heavy atom. The molecule has 0 amide bonds. The number of aryl methyl sites for hydroxylation is 1. The van der Waals surface area contributed by atoms with Crippen LogP contribution in [0.25, 0.3) is 0 Å². The first kappa shape index (κ1) is 16.2. The van der Waals surface area contributed by atoms with Gasteiger partial charge in [0.2, 0.25) is 0 Å². The molecule has 0 N–H and O–H groups in total. The van der Waals surface area contributed by atoms with Crippen molar-refractivity contribution in [2.24, 2.45) is 5.92 Å². The minimum absolute atomic E-state index is 0.106. The van der Waals surface area contributed by atoms with Crippen molar-refractivity contribution in [1.29, 1.82) is 0 Å². The van der Waals surface area contributed by atoms with E-state index in [2.05, 4.69) is 38.1 Å². The number of rotatable bonds is 6. The summed E-state index contributed by atoms with van der Waals surface area (Å²) in [5.41, 5.74) is 4.77. The standard InChI is InChI=1S/C22H27F/c1-15(2)18-5-4-6-19(14-18)21(11-9-17-7-8-17)20-10-12-22(23)16(3)13-20/h4-6,10,12-15,17,21H,7-9,11H2,1-3H3. The van der Waals surface area contributed by atoms with Gasteiger partial charge in [-0.2, -0.15) is 0 Å². The zero-order valence-electron chi connectivity index (χ0n) is 14.5. The molecule has 1 unspecified atom stereocenters. The second kappa shape index (κ2) is 6.86. The molecule has 3 rings (SSSR count). The fourth-order valence-corrected chi connectivity index (χ4v) is 3.35. The molecule has 0 aromatic heterocycles. The summed E-state index contributed by atoms with van der Waals surface area (Å²) in [6.07, 6.45) is 5.23. The molecule has 0 nitrogen and oxygen atoms in total. The van der Waals surface area contributed by atoms with Gasteiger partial charge in [-0.25, -0.2) is 4.39 Å². The van der Waals surface area contributed by atoms with Crippen LogP contribution in [0.5, 0.6) is 0 Å². The molecule has 1 fully saturated rings. The summed E-state index contributed by atoms with van der Waals surface area (Å²) in [6, 6.07) is 14.6. The molecule has 1 heteroatoms. The molecule has 122 valence electrons. The fourth-order valence-electron chi connectivity index (χ4n) is 3.35. The Kier molecular flexibility index (Phi) is 4.84. The first-order valence-corrected chi connectivity index (χ1v) is 8.90. The molecule has 2 aromatic rings. The second-order valence-corrected chi connectivity index (χ2v) is 7.41. The third-order valence-electron chi connectivity index (χ3n) is 5.12. The molecule has 1 aliphatic carbocycles. The number of hydrogen-bond acceptors (Lipinski definition) is 0. The number of hydrogen-bond donors (Lipinski definition) is 0. The zero-order valence-corrected chi connectivity index (χ0v) is 14.5. The quantitative estimate of drug-likeness (QED) is 0.565. The molecule has 2 aromatic carbocycles. The van der Waals surface area contributed by atoms with Gasteiger partial charge in [0, 0.05) is 5.92 Å². The average Bonchev–Trinajstić information content (AvgIpc) is 3.35. The molecule has 0 aliphatic heterocycles. The van der Waals surface area contributed by atoms with Gasteiger partial charge in [0.1, 0.15) is 5.82 Å². The van der Waals surface area contributed by atoms with Gasteiger partial charge >= 0.3 is 0 Å². The van der Waals surface area contributed by atoms with Gasteiger partial charge in [0.05, 0.1) is 0 Å². The molecule has 0 heterocycles. The predicted molar refractivity (Wildman–Crippen MR) is 95.5 cm³/mol. The van der Waals surface area contributed by atoms with Crippen LogP contribution in [-0.4, -0.2) is 0 Å². The van der Waals surface area contributed by atoms with Crippen LogP contribution >= 0.6 is 0 Å². The zero-order chi connectivity index (χ0) is 16.4. The molecule has 0 saturated heterocycles. The summed E-state index contributed by atoms with van der Waals surface area (Å²) < 4.78 is 13.7. The third kappa shape index (κ3) is 4.02. The lowest BCUT2D eigenvalue weighted by molar-refractivity contribution is 0.602. The minimum atomic E-state index is -0.106. The highest BCUT2D eigenvalue weighted by molar-refractivity contribution is 5.37. The molecule has 0 spiro atoms. The maximum atomic E-state index is 13.7. The van der Waals surface area contributed by atoms with Crippen molar-refractivity contribution in [3.8, 4) is 0 Å². The topological polar surface area (TPSA) is 0 Å². The Labute approximate surface area is 139 Å². The van der Waals surface area contributed by atoms with Gasteiger partial charge in [-0.15, -0.1) is 0 Å². The van der Waals surface area contributed by atoms with Crippen LogP contribution in [0.15, 0.2) is 42.5 Å². The van der Waals surface area contributed by atoms with Gasteiger partial charge in [0.25, 0.3) is 0 Å². The van der Waals surface area contributed by atoms with Crippen molar-refractivity contribution < 1.29 is 4.39 Å². The van der Waals surface area contributed by atoms with Gasteiger partial charge in [0.15, 0.2) is 0 Å². The lowest BCUT2D eigenvalue weighted by Crippen LogP contribution is -2.04. The molecule has 1 aliphatic rings. The van der Waals surface area contributed by atoms with Crippen LogP contribution in [0.2, 0.25) is 0 Å². The maximum absolute atomic E-state index is 13.7. The third-order valence-corrected chi connectivity index (χ3v) is 5.12. The van der Waals surface area contributed by atoms with Crippen LogP contribution in [0.4, 0.5) is 4.39 Å². The fraction of sp³-hybridized carbons (Fsp3) is 0.455. The highest BCUT2D eigenvalue weighted by Gasteiger charge is 2.24. The Bertz CT molecular complexity index is 667. The van der Waals surface area contributed by atoms with Gasteiger partial charge < -0.3 is 0 Å². The van der Waals surface area contributed by atoms with Crippen molar-refractivity contribution in [2.75, 3.05) is 0 Å². The van der Waals surface area contributed by atoms with Crippen LogP contribution in [-0.2, 0) is 0 Å². The monoisotopic (exact) mass is 310 g/mol. The molecule has 0 bridgehead atoms. The van der Waals surface area contributed by atoms with Gasteiger partial charge in [-0.1, -0.05) is 63.1 Å². The van der Waals surface area contributed by atoms with E-state index in [4.69, 9.17) is 0 Å². The van der Waals surface area contributed by atoms with Crippen molar-refractivity contribution in [2.45, 2.75) is 58.3 Å². The lowest BCUT2D eigenvalue weighted by Gasteiger charge is -2.20. The van der Waals surface area contributed by atoms with E-state index in [1.807, 2.05) is 19.1 Å². The molecular formula is C22H27F. The van der Waals surface area contributed by atoms with Gasteiger partial charge in [-0.05, 0) is 59.9 Å². The van der Waals surface area contributed by atoms with E-state index in [0.717, 1.165) is 17.9 Å². The van der Waals surface area contributed by atoms with Crippen LogP contribution in [0.3, 0.4) is 0 Å². The molecule has 23 heavy (non-hydrogen) atoms. The van der Waals surface area contributed by atoms with E-state index in [9.17, 15) is 4.39 Å². The normalized spacial score (nSPS) is 15.9. The van der Waals surface area contributed by atoms with Crippen molar-refractivity contribution in [3.63, 3.8) is 0 Å². The Balaban J connectivity index is 1.93. The number of benzene rings is 2. The highest BCUT2D eigenvalue weighted by atomic mass is 19.1.